The Labute approximate surface area is 137 Å². The van der Waals surface area contributed by atoms with Crippen LogP contribution in [-0.2, 0) is 11.2 Å². The van der Waals surface area contributed by atoms with Crippen molar-refractivity contribution in [1.29, 1.82) is 0 Å². The lowest BCUT2D eigenvalue weighted by Crippen LogP contribution is -2.43. The fourth-order valence-electron chi connectivity index (χ4n) is 2.30. The van der Waals surface area contributed by atoms with Crippen molar-refractivity contribution in [3.05, 3.63) is 65.2 Å². The van der Waals surface area contributed by atoms with Crippen molar-refractivity contribution in [2.24, 2.45) is 11.5 Å². The van der Waals surface area contributed by atoms with Gasteiger partial charge in [0.15, 0.2) is 0 Å². The largest absolute Gasteiger partial charge is 0.366 e. The lowest BCUT2D eigenvalue weighted by atomic mass is 10.0. The quantitative estimate of drug-likeness (QED) is 0.871. The maximum absolute atomic E-state index is 13.2. The number of likely N-dealkylation sites (N-methyl/N-ethyl adjacent to an activating group) is 1. The third-order valence-electron chi connectivity index (χ3n) is 3.56. The maximum Gasteiger partial charge on any atom is 0.248 e. The van der Waals surface area contributed by atoms with Crippen LogP contribution >= 0.6 is 0 Å². The van der Waals surface area contributed by atoms with Gasteiger partial charge in [0.25, 0.3) is 0 Å². The summed E-state index contributed by atoms with van der Waals surface area (Å²) < 4.78 is 26.4. The zero-order valence-corrected chi connectivity index (χ0v) is 13.0. The molecule has 0 fully saturated rings. The predicted octanol–water partition coefficient (Wildman–Crippen LogP) is 1.60. The highest BCUT2D eigenvalue weighted by Crippen LogP contribution is 2.16. The first-order chi connectivity index (χ1) is 11.3. The van der Waals surface area contributed by atoms with Crippen LogP contribution in [0.3, 0.4) is 0 Å². The van der Waals surface area contributed by atoms with E-state index in [0.29, 0.717) is 16.8 Å². The third kappa shape index (κ3) is 4.14. The van der Waals surface area contributed by atoms with Gasteiger partial charge in [0.1, 0.15) is 11.6 Å². The van der Waals surface area contributed by atoms with E-state index in [1.165, 1.54) is 24.1 Å². The first-order valence-corrected chi connectivity index (χ1v) is 7.16. The van der Waals surface area contributed by atoms with E-state index < -0.39 is 29.5 Å². The zero-order valence-electron chi connectivity index (χ0n) is 13.0. The Balaban J connectivity index is 2.10. The summed E-state index contributed by atoms with van der Waals surface area (Å²) >= 11 is 0. The van der Waals surface area contributed by atoms with Crippen LogP contribution < -0.4 is 16.4 Å². The summed E-state index contributed by atoms with van der Waals surface area (Å²) in [5.41, 5.74) is 12.1. The van der Waals surface area contributed by atoms with Crippen molar-refractivity contribution >= 4 is 17.5 Å². The molecule has 0 saturated carbocycles. The van der Waals surface area contributed by atoms with Crippen LogP contribution in [-0.4, -0.2) is 24.9 Å². The van der Waals surface area contributed by atoms with Crippen molar-refractivity contribution < 1.29 is 18.4 Å². The SMILES string of the molecule is CN(C(=O)[C@@H](N)Cc1cc(F)cc(F)c1)c1ccc(C(N)=O)cc1. The molecule has 2 amide bonds. The molecular weight excluding hydrogens is 316 g/mol. The molecule has 4 N–H and O–H groups in total. The van der Waals surface area contributed by atoms with Crippen LogP contribution in [0.5, 0.6) is 0 Å². The molecule has 0 saturated heterocycles. The van der Waals surface area contributed by atoms with Gasteiger partial charge in [-0.25, -0.2) is 8.78 Å². The average molecular weight is 333 g/mol. The Hall–Kier alpha value is -2.80. The molecule has 0 radical (unpaired) electrons. The number of benzene rings is 2. The summed E-state index contributed by atoms with van der Waals surface area (Å²) in [7, 11) is 1.52. The van der Waals surface area contributed by atoms with Gasteiger partial charge < -0.3 is 16.4 Å². The number of hydrogen-bond donors (Lipinski definition) is 2. The van der Waals surface area contributed by atoms with E-state index in [1.54, 1.807) is 12.1 Å². The minimum Gasteiger partial charge on any atom is -0.366 e. The van der Waals surface area contributed by atoms with E-state index in [1.807, 2.05) is 0 Å². The topological polar surface area (TPSA) is 89.4 Å². The molecule has 5 nitrogen and oxygen atoms in total. The summed E-state index contributed by atoms with van der Waals surface area (Å²) in [6.07, 6.45) is -0.00276. The Morgan fingerprint density at radius 2 is 1.62 bits per heavy atom. The second kappa shape index (κ2) is 7.18. The fourth-order valence-corrected chi connectivity index (χ4v) is 2.30. The van der Waals surface area contributed by atoms with Crippen LogP contribution in [0.15, 0.2) is 42.5 Å². The Kier molecular flexibility index (Phi) is 5.25. The monoisotopic (exact) mass is 333 g/mol. The summed E-state index contributed by atoms with van der Waals surface area (Å²) in [5, 5.41) is 0. The van der Waals surface area contributed by atoms with Gasteiger partial charge in [-0.05, 0) is 48.4 Å². The van der Waals surface area contributed by atoms with Crippen molar-refractivity contribution in [3.8, 4) is 0 Å². The van der Waals surface area contributed by atoms with Crippen molar-refractivity contribution in [1.82, 2.24) is 0 Å². The number of carbonyl (C=O) groups is 2. The molecule has 0 heterocycles. The number of nitrogens with zero attached hydrogens (tertiary/aromatic N) is 1. The molecule has 1 atom stereocenters. The molecule has 0 spiro atoms. The second-order valence-electron chi connectivity index (χ2n) is 5.40. The van der Waals surface area contributed by atoms with E-state index in [0.717, 1.165) is 18.2 Å². The summed E-state index contributed by atoms with van der Waals surface area (Å²) in [6, 6.07) is 8.18. The smallest absolute Gasteiger partial charge is 0.248 e. The number of carbonyl (C=O) groups excluding carboxylic acids is 2. The highest BCUT2D eigenvalue weighted by atomic mass is 19.1. The van der Waals surface area contributed by atoms with Crippen molar-refractivity contribution in [3.63, 3.8) is 0 Å². The van der Waals surface area contributed by atoms with Gasteiger partial charge in [0.05, 0.1) is 6.04 Å². The summed E-state index contributed by atoms with van der Waals surface area (Å²) in [6.45, 7) is 0. The van der Waals surface area contributed by atoms with Crippen LogP contribution in [0.4, 0.5) is 14.5 Å². The van der Waals surface area contributed by atoms with Crippen molar-refractivity contribution in [2.75, 3.05) is 11.9 Å². The molecule has 0 aliphatic heterocycles. The molecule has 2 rings (SSSR count). The molecule has 0 aromatic heterocycles. The molecule has 2 aromatic carbocycles. The lowest BCUT2D eigenvalue weighted by Gasteiger charge is -2.21. The van der Waals surface area contributed by atoms with Gasteiger partial charge >= 0.3 is 0 Å². The molecule has 0 aliphatic rings. The average Bonchev–Trinajstić information content (AvgIpc) is 2.52. The molecule has 0 aliphatic carbocycles. The number of anilines is 1. The second-order valence-corrected chi connectivity index (χ2v) is 5.40. The number of hydrogen-bond acceptors (Lipinski definition) is 3. The first kappa shape index (κ1) is 17.6. The van der Waals surface area contributed by atoms with E-state index in [9.17, 15) is 18.4 Å². The van der Waals surface area contributed by atoms with E-state index in [4.69, 9.17) is 11.5 Å². The Morgan fingerprint density at radius 1 is 1.08 bits per heavy atom. The molecule has 7 heteroatoms. The van der Waals surface area contributed by atoms with Gasteiger partial charge in [0, 0.05) is 24.4 Å². The lowest BCUT2D eigenvalue weighted by molar-refractivity contribution is -0.119. The maximum atomic E-state index is 13.2. The van der Waals surface area contributed by atoms with Crippen LogP contribution in [0.25, 0.3) is 0 Å². The third-order valence-corrected chi connectivity index (χ3v) is 3.56. The molecular formula is C17H17F2N3O2. The van der Waals surface area contributed by atoms with Gasteiger partial charge in [-0.1, -0.05) is 0 Å². The number of halogens is 2. The van der Waals surface area contributed by atoms with Crippen LogP contribution in [0, 0.1) is 11.6 Å². The minimum atomic E-state index is -0.966. The van der Waals surface area contributed by atoms with Gasteiger partial charge in [-0.3, -0.25) is 9.59 Å². The summed E-state index contributed by atoms with van der Waals surface area (Å²) in [4.78, 5) is 24.7. The number of rotatable bonds is 5. The predicted molar refractivity (Wildman–Crippen MR) is 86.4 cm³/mol. The van der Waals surface area contributed by atoms with Gasteiger partial charge in [0.2, 0.25) is 11.8 Å². The number of amides is 2. The number of nitrogens with two attached hydrogens (primary N) is 2. The molecule has 2 aromatic rings. The normalized spacial score (nSPS) is 11.8. The van der Waals surface area contributed by atoms with Crippen molar-refractivity contribution in [2.45, 2.75) is 12.5 Å². The van der Waals surface area contributed by atoms with Gasteiger partial charge in [-0.2, -0.15) is 0 Å². The molecule has 126 valence electrons. The standard InChI is InChI=1S/C17H17F2N3O2/c1-22(14-4-2-11(3-5-14)16(21)23)17(24)15(20)8-10-6-12(18)9-13(19)7-10/h2-7,9,15H,8,20H2,1H3,(H2,21,23)/t15-/m0/s1. The number of primary amides is 1. The fraction of sp³-hybridized carbons (Fsp3) is 0.176. The van der Waals surface area contributed by atoms with E-state index >= 15 is 0 Å². The highest BCUT2D eigenvalue weighted by Gasteiger charge is 2.20. The summed E-state index contributed by atoms with van der Waals surface area (Å²) in [5.74, 6) is -2.44. The Bertz CT molecular complexity index is 743. The van der Waals surface area contributed by atoms with E-state index in [2.05, 4.69) is 0 Å². The zero-order chi connectivity index (χ0) is 17.9. The molecule has 0 bridgehead atoms. The van der Waals surface area contributed by atoms with E-state index in [-0.39, 0.29) is 6.42 Å². The molecule has 0 unspecified atom stereocenters. The van der Waals surface area contributed by atoms with Gasteiger partial charge in [-0.15, -0.1) is 0 Å². The highest BCUT2D eigenvalue weighted by molar-refractivity contribution is 5.98. The van der Waals surface area contributed by atoms with Crippen LogP contribution in [0.2, 0.25) is 0 Å². The van der Waals surface area contributed by atoms with Crippen LogP contribution in [0.1, 0.15) is 15.9 Å². The Morgan fingerprint density at radius 3 is 2.12 bits per heavy atom. The molecule has 24 heavy (non-hydrogen) atoms. The minimum absolute atomic E-state index is 0.00276. The first-order valence-electron chi connectivity index (χ1n) is 7.16.